The summed E-state index contributed by atoms with van der Waals surface area (Å²) < 4.78 is 0. The first-order valence-electron chi connectivity index (χ1n) is 10.6. The van der Waals surface area contributed by atoms with Gasteiger partial charge in [0.1, 0.15) is 0 Å². The van der Waals surface area contributed by atoms with Crippen LogP contribution >= 0.6 is 7.26 Å². The standard InChI is InChI=1S/C24H45P/c1-9-13-17-21(5)25(22(6)18-14-10-2,23(7)19-15-11-3)24(8)20-16-12-4/h13-25H,9-12H2,1-8H3. The molecule has 0 saturated heterocycles. The Morgan fingerprint density at radius 1 is 0.480 bits per heavy atom. The van der Waals surface area contributed by atoms with Gasteiger partial charge in [-0.15, -0.1) is 0 Å². The Bertz CT molecular complexity index is 356. The maximum atomic E-state index is 2.52. The van der Waals surface area contributed by atoms with Crippen molar-refractivity contribution < 1.29 is 0 Å². The van der Waals surface area contributed by atoms with Gasteiger partial charge in [-0.05, 0) is 0 Å². The van der Waals surface area contributed by atoms with Crippen LogP contribution < -0.4 is 0 Å². The van der Waals surface area contributed by atoms with Crippen LogP contribution in [-0.4, -0.2) is 22.6 Å². The van der Waals surface area contributed by atoms with Crippen molar-refractivity contribution in [2.24, 2.45) is 0 Å². The van der Waals surface area contributed by atoms with E-state index in [4.69, 9.17) is 0 Å². The molecule has 146 valence electrons. The zero-order valence-corrected chi connectivity index (χ0v) is 19.3. The summed E-state index contributed by atoms with van der Waals surface area (Å²) in [7, 11) is -1.71. The molecule has 0 nitrogen and oxygen atoms in total. The summed E-state index contributed by atoms with van der Waals surface area (Å²) in [6, 6.07) is 0. The monoisotopic (exact) mass is 364 g/mol. The molecule has 4 unspecified atom stereocenters. The molecule has 0 aromatic rings. The fourth-order valence-corrected chi connectivity index (χ4v) is 11.4. The summed E-state index contributed by atoms with van der Waals surface area (Å²) in [5.41, 5.74) is 2.66. The topological polar surface area (TPSA) is 0 Å². The molecule has 0 aromatic heterocycles. The zero-order chi connectivity index (χ0) is 19.3. The Kier molecular flexibility index (Phi) is 13.2. The van der Waals surface area contributed by atoms with Gasteiger partial charge in [-0.2, -0.15) is 0 Å². The Balaban J connectivity index is 6.26. The summed E-state index contributed by atoms with van der Waals surface area (Å²) in [6.45, 7) is 18.9. The molecular formula is C24H45P. The van der Waals surface area contributed by atoms with Crippen LogP contribution in [0.25, 0.3) is 0 Å². The van der Waals surface area contributed by atoms with E-state index in [2.05, 4.69) is 104 Å². The quantitative estimate of drug-likeness (QED) is 0.242. The van der Waals surface area contributed by atoms with Crippen LogP contribution in [0.15, 0.2) is 48.6 Å². The van der Waals surface area contributed by atoms with Crippen LogP contribution in [0.2, 0.25) is 0 Å². The van der Waals surface area contributed by atoms with Crippen molar-refractivity contribution in [2.75, 3.05) is 0 Å². The van der Waals surface area contributed by atoms with Gasteiger partial charge in [-0.3, -0.25) is 0 Å². The van der Waals surface area contributed by atoms with E-state index in [0.29, 0.717) is 22.6 Å². The summed E-state index contributed by atoms with van der Waals surface area (Å²) in [6.07, 6.45) is 24.2. The van der Waals surface area contributed by atoms with Crippen molar-refractivity contribution in [3.8, 4) is 0 Å². The van der Waals surface area contributed by atoms with E-state index in [1.807, 2.05) is 0 Å². The third kappa shape index (κ3) is 6.90. The number of hydrogen-bond acceptors (Lipinski definition) is 0. The minimum absolute atomic E-state index is 0.664. The van der Waals surface area contributed by atoms with Crippen LogP contribution in [-0.2, 0) is 0 Å². The molecule has 0 fully saturated rings. The van der Waals surface area contributed by atoms with Crippen molar-refractivity contribution in [1.82, 2.24) is 0 Å². The molecule has 4 atom stereocenters. The van der Waals surface area contributed by atoms with E-state index in [-0.39, 0.29) is 0 Å². The second kappa shape index (κ2) is 13.6. The first-order valence-corrected chi connectivity index (χ1v) is 12.9. The molecule has 0 saturated carbocycles. The average molecular weight is 365 g/mol. The van der Waals surface area contributed by atoms with Crippen molar-refractivity contribution in [3.63, 3.8) is 0 Å². The van der Waals surface area contributed by atoms with E-state index in [9.17, 15) is 0 Å². The molecule has 0 amide bonds. The van der Waals surface area contributed by atoms with Gasteiger partial charge in [-0.25, -0.2) is 0 Å². The SMILES string of the molecule is CCC=CC(C)[PH](C(C)C=CCC)(C(C)C=CCC)C(C)C=CCC. The summed E-state index contributed by atoms with van der Waals surface area (Å²) in [5, 5.41) is 0. The molecule has 0 radical (unpaired) electrons. The fraction of sp³-hybridized carbons (Fsp3) is 0.667. The van der Waals surface area contributed by atoms with Gasteiger partial charge in [0, 0.05) is 0 Å². The van der Waals surface area contributed by atoms with Crippen LogP contribution in [0, 0.1) is 0 Å². The average Bonchev–Trinajstić information content (AvgIpc) is 2.61. The van der Waals surface area contributed by atoms with Gasteiger partial charge in [-0.1, -0.05) is 0 Å². The van der Waals surface area contributed by atoms with Gasteiger partial charge < -0.3 is 0 Å². The zero-order valence-electron chi connectivity index (χ0n) is 18.3. The molecule has 0 aliphatic heterocycles. The Morgan fingerprint density at radius 2 is 0.680 bits per heavy atom. The number of hydrogen-bond donors (Lipinski definition) is 0. The second-order valence-corrected chi connectivity index (χ2v) is 13.1. The summed E-state index contributed by atoms with van der Waals surface area (Å²) >= 11 is 0. The minimum atomic E-state index is -1.71. The molecule has 0 aliphatic carbocycles. The molecule has 0 N–H and O–H groups in total. The summed E-state index contributed by atoms with van der Waals surface area (Å²) in [5.74, 6) is 0. The van der Waals surface area contributed by atoms with Crippen LogP contribution in [0.1, 0.15) is 81.1 Å². The van der Waals surface area contributed by atoms with Gasteiger partial charge >= 0.3 is 160 Å². The van der Waals surface area contributed by atoms with Crippen LogP contribution in [0.3, 0.4) is 0 Å². The van der Waals surface area contributed by atoms with Gasteiger partial charge in [0.15, 0.2) is 0 Å². The molecule has 1 heteroatoms. The Labute approximate surface area is 159 Å². The van der Waals surface area contributed by atoms with Gasteiger partial charge in [0.2, 0.25) is 0 Å². The van der Waals surface area contributed by atoms with E-state index in [1.165, 1.54) is 0 Å². The Hall–Kier alpha value is -0.610. The number of allylic oxidation sites excluding steroid dienone is 8. The number of rotatable bonds is 12. The third-order valence-corrected chi connectivity index (χ3v) is 12.9. The third-order valence-electron chi connectivity index (χ3n) is 5.80. The first-order chi connectivity index (χ1) is 11.9. The molecule has 0 spiro atoms. The van der Waals surface area contributed by atoms with E-state index < -0.39 is 7.26 Å². The van der Waals surface area contributed by atoms with E-state index in [0.717, 1.165) is 25.7 Å². The van der Waals surface area contributed by atoms with Crippen LogP contribution in [0.5, 0.6) is 0 Å². The molecule has 0 aliphatic rings. The predicted octanol–water partition coefficient (Wildman–Crippen LogP) is 8.16. The molecule has 0 bridgehead atoms. The molecule has 0 heterocycles. The predicted molar refractivity (Wildman–Crippen MR) is 124 cm³/mol. The molecule has 25 heavy (non-hydrogen) atoms. The molecule has 0 aromatic carbocycles. The van der Waals surface area contributed by atoms with E-state index >= 15 is 0 Å². The van der Waals surface area contributed by atoms with Gasteiger partial charge in [0.25, 0.3) is 0 Å². The maximum absolute atomic E-state index is 2.52. The van der Waals surface area contributed by atoms with Crippen molar-refractivity contribution >= 4 is 7.26 Å². The second-order valence-electron chi connectivity index (χ2n) is 7.50. The van der Waals surface area contributed by atoms with Crippen molar-refractivity contribution in [1.29, 1.82) is 0 Å². The molecular weight excluding hydrogens is 319 g/mol. The van der Waals surface area contributed by atoms with Crippen LogP contribution in [0.4, 0.5) is 0 Å². The summed E-state index contributed by atoms with van der Waals surface area (Å²) in [4.78, 5) is 0. The first kappa shape index (κ1) is 24.4. The normalized spacial score (nSPS) is 19.2. The molecule has 0 rings (SSSR count). The van der Waals surface area contributed by atoms with Gasteiger partial charge in [0.05, 0.1) is 0 Å². The van der Waals surface area contributed by atoms with Crippen molar-refractivity contribution in [3.05, 3.63) is 48.6 Å². The fourth-order valence-electron chi connectivity index (χ4n) is 4.52. The van der Waals surface area contributed by atoms with E-state index in [1.54, 1.807) is 0 Å². The Morgan fingerprint density at radius 3 is 0.840 bits per heavy atom. The van der Waals surface area contributed by atoms with Crippen molar-refractivity contribution in [2.45, 2.75) is 104 Å².